The average Bonchev–Trinajstić information content (AvgIpc) is 2.62. The van der Waals surface area contributed by atoms with E-state index in [1.165, 1.54) is 12.2 Å². The largest absolute Gasteiger partial charge is 0.338 e. The van der Waals surface area contributed by atoms with E-state index in [9.17, 15) is 14.4 Å². The number of hydrogen-bond acceptors (Lipinski definition) is 3. The summed E-state index contributed by atoms with van der Waals surface area (Å²) in [5.41, 5.74) is 0. The number of carbonyl (C=O) groups is 3. The second kappa shape index (κ2) is 6.67. The molecule has 0 aromatic heterocycles. The Morgan fingerprint density at radius 3 is 2.35 bits per heavy atom. The second-order valence-corrected chi connectivity index (χ2v) is 3.70. The smallest absolute Gasteiger partial charge is 0.314 e. The fourth-order valence-electron chi connectivity index (χ4n) is 1.39. The van der Waals surface area contributed by atoms with Crippen molar-refractivity contribution in [3.05, 3.63) is 12.2 Å². The van der Waals surface area contributed by atoms with E-state index in [1.807, 2.05) is 6.92 Å². The zero-order valence-electron chi connectivity index (χ0n) is 9.86. The first-order chi connectivity index (χ1) is 8.15. The van der Waals surface area contributed by atoms with Crippen molar-refractivity contribution in [1.29, 1.82) is 0 Å². The monoisotopic (exact) mass is 239 g/mol. The van der Waals surface area contributed by atoms with Crippen molar-refractivity contribution < 1.29 is 14.4 Å². The Balaban J connectivity index is 2.10. The van der Waals surface area contributed by atoms with Crippen molar-refractivity contribution >= 4 is 17.8 Å². The molecule has 0 bridgehead atoms. The van der Waals surface area contributed by atoms with Crippen molar-refractivity contribution in [3.8, 4) is 0 Å². The molecule has 6 heteroatoms. The van der Waals surface area contributed by atoms with Crippen LogP contribution in [0.15, 0.2) is 12.2 Å². The Hall–Kier alpha value is -1.85. The first-order valence-corrected chi connectivity index (χ1v) is 5.70. The molecule has 1 aliphatic rings. The van der Waals surface area contributed by atoms with Crippen LogP contribution in [0, 0.1) is 0 Å². The molecule has 6 nitrogen and oxygen atoms in total. The van der Waals surface area contributed by atoms with Gasteiger partial charge in [-0.15, -0.1) is 0 Å². The highest BCUT2D eigenvalue weighted by Gasteiger charge is 2.22. The van der Waals surface area contributed by atoms with Gasteiger partial charge in [-0.2, -0.15) is 0 Å². The highest BCUT2D eigenvalue weighted by Crippen LogP contribution is 2.03. The molecule has 0 spiro atoms. The first kappa shape index (κ1) is 13.2. The van der Waals surface area contributed by atoms with Crippen LogP contribution < -0.4 is 10.6 Å². The summed E-state index contributed by atoms with van der Waals surface area (Å²) >= 11 is 0. The van der Waals surface area contributed by atoms with E-state index in [4.69, 9.17) is 0 Å². The van der Waals surface area contributed by atoms with E-state index in [-0.39, 0.29) is 17.8 Å². The third-order valence-corrected chi connectivity index (χ3v) is 2.28. The number of amides is 4. The number of nitrogens with zero attached hydrogens (tertiary/aromatic N) is 1. The summed E-state index contributed by atoms with van der Waals surface area (Å²) in [6.45, 7) is 3.38. The standard InChI is InChI=1S/C11H17N3O3/c1-2-6-12-11(17)13-7-3-8-14-9(15)4-5-10(14)16/h4-5H,2-3,6-8H2,1H3,(H2,12,13,17). The quantitative estimate of drug-likeness (QED) is 0.506. The molecule has 1 heterocycles. The Bertz CT molecular complexity index is 321. The molecule has 0 aromatic carbocycles. The number of hydrogen-bond donors (Lipinski definition) is 2. The van der Waals surface area contributed by atoms with Crippen molar-refractivity contribution in [1.82, 2.24) is 15.5 Å². The van der Waals surface area contributed by atoms with E-state index in [0.717, 1.165) is 11.3 Å². The lowest BCUT2D eigenvalue weighted by Crippen LogP contribution is -2.38. The highest BCUT2D eigenvalue weighted by molar-refractivity contribution is 6.12. The second-order valence-electron chi connectivity index (χ2n) is 3.70. The van der Waals surface area contributed by atoms with Crippen molar-refractivity contribution in [2.45, 2.75) is 19.8 Å². The van der Waals surface area contributed by atoms with Crippen LogP contribution in [0.4, 0.5) is 4.79 Å². The van der Waals surface area contributed by atoms with Crippen molar-refractivity contribution in [2.75, 3.05) is 19.6 Å². The lowest BCUT2D eigenvalue weighted by Gasteiger charge is -2.13. The SMILES string of the molecule is CCCNC(=O)NCCCN1C(=O)C=CC1=O. The summed E-state index contributed by atoms with van der Waals surface area (Å²) in [7, 11) is 0. The average molecular weight is 239 g/mol. The van der Waals surface area contributed by atoms with Crippen LogP contribution in [0.1, 0.15) is 19.8 Å². The maximum Gasteiger partial charge on any atom is 0.314 e. The summed E-state index contributed by atoms with van der Waals surface area (Å²) in [5.74, 6) is -0.573. The topological polar surface area (TPSA) is 78.5 Å². The van der Waals surface area contributed by atoms with E-state index < -0.39 is 0 Å². The van der Waals surface area contributed by atoms with E-state index in [1.54, 1.807) is 0 Å². The molecule has 4 amide bonds. The van der Waals surface area contributed by atoms with E-state index in [0.29, 0.717) is 26.1 Å². The minimum atomic E-state index is -0.287. The molecule has 0 atom stereocenters. The van der Waals surface area contributed by atoms with Gasteiger partial charge in [-0.25, -0.2) is 4.79 Å². The number of urea groups is 1. The molecule has 0 radical (unpaired) electrons. The van der Waals surface area contributed by atoms with Gasteiger partial charge >= 0.3 is 6.03 Å². The molecule has 1 rings (SSSR count). The number of carbonyl (C=O) groups excluding carboxylic acids is 3. The van der Waals surface area contributed by atoms with Gasteiger partial charge in [0.05, 0.1) is 0 Å². The van der Waals surface area contributed by atoms with Gasteiger partial charge in [-0.3, -0.25) is 14.5 Å². The molecule has 0 unspecified atom stereocenters. The summed E-state index contributed by atoms with van der Waals surface area (Å²) < 4.78 is 0. The fourth-order valence-corrected chi connectivity index (χ4v) is 1.39. The lowest BCUT2D eigenvalue weighted by molar-refractivity contribution is -0.136. The van der Waals surface area contributed by atoms with Crippen LogP contribution in [-0.4, -0.2) is 42.4 Å². The first-order valence-electron chi connectivity index (χ1n) is 5.70. The van der Waals surface area contributed by atoms with Gasteiger partial charge in [0.2, 0.25) is 0 Å². The predicted molar refractivity (Wildman–Crippen MR) is 62.2 cm³/mol. The maximum atomic E-state index is 11.2. The molecule has 17 heavy (non-hydrogen) atoms. The molecule has 94 valence electrons. The molecular formula is C11H17N3O3. The number of rotatable bonds is 6. The van der Waals surface area contributed by atoms with Gasteiger partial charge < -0.3 is 10.6 Å². The summed E-state index contributed by atoms with van der Waals surface area (Å²) in [5, 5.41) is 5.32. The normalized spacial score (nSPS) is 14.3. The van der Waals surface area contributed by atoms with Gasteiger partial charge in [-0.05, 0) is 12.8 Å². The zero-order valence-corrected chi connectivity index (χ0v) is 9.86. The Morgan fingerprint density at radius 1 is 1.18 bits per heavy atom. The molecule has 1 aliphatic heterocycles. The van der Waals surface area contributed by atoms with Crippen LogP contribution in [0.25, 0.3) is 0 Å². The third-order valence-electron chi connectivity index (χ3n) is 2.28. The van der Waals surface area contributed by atoms with Crippen molar-refractivity contribution in [3.63, 3.8) is 0 Å². The Morgan fingerprint density at radius 2 is 1.76 bits per heavy atom. The number of nitrogens with one attached hydrogen (secondary N) is 2. The molecule has 0 aliphatic carbocycles. The highest BCUT2D eigenvalue weighted by atomic mass is 16.2. The Kier molecular flexibility index (Phi) is 5.19. The van der Waals surface area contributed by atoms with Crippen LogP contribution in [0.2, 0.25) is 0 Å². The van der Waals surface area contributed by atoms with Gasteiger partial charge in [0.1, 0.15) is 0 Å². The zero-order chi connectivity index (χ0) is 12.7. The lowest BCUT2D eigenvalue weighted by atomic mass is 10.4. The van der Waals surface area contributed by atoms with Crippen LogP contribution >= 0.6 is 0 Å². The minimum absolute atomic E-state index is 0.218. The summed E-state index contributed by atoms with van der Waals surface area (Å²) in [6, 6.07) is -0.218. The summed E-state index contributed by atoms with van der Waals surface area (Å²) in [4.78, 5) is 34.6. The third kappa shape index (κ3) is 4.26. The molecule has 0 aromatic rings. The van der Waals surface area contributed by atoms with Crippen LogP contribution in [0.5, 0.6) is 0 Å². The van der Waals surface area contributed by atoms with E-state index >= 15 is 0 Å². The molecule has 0 fully saturated rings. The number of imide groups is 1. The van der Waals surface area contributed by atoms with E-state index in [2.05, 4.69) is 10.6 Å². The minimum Gasteiger partial charge on any atom is -0.338 e. The maximum absolute atomic E-state index is 11.2. The van der Waals surface area contributed by atoms with Gasteiger partial charge in [0.15, 0.2) is 0 Å². The predicted octanol–water partition coefficient (Wildman–Crippen LogP) is 0.0107. The molecule has 2 N–H and O–H groups in total. The fraction of sp³-hybridized carbons (Fsp3) is 0.545. The van der Waals surface area contributed by atoms with Gasteiger partial charge in [0, 0.05) is 31.8 Å². The van der Waals surface area contributed by atoms with Gasteiger partial charge in [-0.1, -0.05) is 6.92 Å². The Labute approximate surface area is 100 Å². The van der Waals surface area contributed by atoms with Crippen LogP contribution in [-0.2, 0) is 9.59 Å². The molecular weight excluding hydrogens is 222 g/mol. The molecule has 0 saturated heterocycles. The van der Waals surface area contributed by atoms with Gasteiger partial charge in [0.25, 0.3) is 11.8 Å². The van der Waals surface area contributed by atoms with Crippen LogP contribution in [0.3, 0.4) is 0 Å². The van der Waals surface area contributed by atoms with Crippen molar-refractivity contribution in [2.24, 2.45) is 0 Å². The summed E-state index contributed by atoms with van der Waals surface area (Å²) in [6.07, 6.45) is 3.95. The molecule has 0 saturated carbocycles.